The first-order chi connectivity index (χ1) is 20.0. The molecule has 5 rings (SSSR count). The molecule has 0 radical (unpaired) electrons. The summed E-state index contributed by atoms with van der Waals surface area (Å²) in [5.41, 5.74) is 8.79. The summed E-state index contributed by atoms with van der Waals surface area (Å²) in [6, 6.07) is 33.4. The maximum Gasteiger partial charge on any atom is 0.271 e. The summed E-state index contributed by atoms with van der Waals surface area (Å²) >= 11 is 0. The fourth-order valence-electron chi connectivity index (χ4n) is 4.49. The number of nitrogens with one attached hydrogen (secondary N) is 1. The maximum absolute atomic E-state index is 13.5. The number of carbonyl (C=O) groups is 1. The van der Waals surface area contributed by atoms with E-state index in [2.05, 4.69) is 46.3 Å². The number of hydrazone groups is 1. The van der Waals surface area contributed by atoms with Gasteiger partial charge in [-0.15, -0.1) is 0 Å². The molecular formula is C34H30FN3O3. The van der Waals surface area contributed by atoms with Crippen molar-refractivity contribution in [2.75, 3.05) is 6.61 Å². The summed E-state index contributed by atoms with van der Waals surface area (Å²) in [6.07, 6.45) is 1.54. The Balaban J connectivity index is 1.24. The lowest BCUT2D eigenvalue weighted by Gasteiger charge is -2.13. The van der Waals surface area contributed by atoms with Crippen molar-refractivity contribution in [3.05, 3.63) is 137 Å². The van der Waals surface area contributed by atoms with Crippen LogP contribution in [-0.4, -0.2) is 23.3 Å². The van der Waals surface area contributed by atoms with Crippen LogP contribution in [0.3, 0.4) is 0 Å². The molecule has 0 fully saturated rings. The Kier molecular flexibility index (Phi) is 8.55. The van der Waals surface area contributed by atoms with Crippen LogP contribution in [-0.2, 0) is 6.61 Å². The number of ether oxygens (including phenoxy) is 2. The number of rotatable bonds is 10. The van der Waals surface area contributed by atoms with Gasteiger partial charge in [0.15, 0.2) is 11.5 Å². The molecule has 4 aromatic carbocycles. The first-order valence-electron chi connectivity index (χ1n) is 13.3. The lowest BCUT2D eigenvalue weighted by Crippen LogP contribution is -2.17. The summed E-state index contributed by atoms with van der Waals surface area (Å²) in [5, 5.41) is 4.12. The molecule has 0 saturated heterocycles. The summed E-state index contributed by atoms with van der Waals surface area (Å²) < 4.78 is 27.2. The number of halogens is 1. The van der Waals surface area contributed by atoms with E-state index < -0.39 is 0 Å². The van der Waals surface area contributed by atoms with Crippen molar-refractivity contribution in [1.82, 2.24) is 9.99 Å². The molecule has 5 aromatic rings. The standard InChI is InChI=1S/C34H30FN3O3/c1-3-40-33-21-25(13-19-32(33)41-23-26-8-7-11-29(35)20-26)22-36-37-34(39)28-14-16-30(17-15-28)38-24(2)12-18-31(38)27-9-5-4-6-10-27/h4-22H,3,23H2,1-2H3,(H,37,39)/b36-22+. The van der Waals surface area contributed by atoms with E-state index in [4.69, 9.17) is 9.47 Å². The van der Waals surface area contributed by atoms with E-state index >= 15 is 0 Å². The average Bonchev–Trinajstić information content (AvgIpc) is 3.38. The first kappa shape index (κ1) is 27.4. The largest absolute Gasteiger partial charge is 0.490 e. The third-order valence-corrected chi connectivity index (χ3v) is 6.46. The molecule has 7 heteroatoms. The lowest BCUT2D eigenvalue weighted by atomic mass is 10.1. The first-order valence-corrected chi connectivity index (χ1v) is 13.3. The second-order valence-electron chi connectivity index (χ2n) is 9.37. The number of benzene rings is 4. The molecule has 6 nitrogen and oxygen atoms in total. The van der Waals surface area contributed by atoms with Crippen molar-refractivity contribution >= 4 is 12.1 Å². The molecule has 1 amide bonds. The van der Waals surface area contributed by atoms with Crippen LogP contribution in [0.4, 0.5) is 4.39 Å². The van der Waals surface area contributed by atoms with Gasteiger partial charge in [-0.3, -0.25) is 4.79 Å². The minimum absolute atomic E-state index is 0.206. The number of aryl methyl sites for hydroxylation is 1. The minimum Gasteiger partial charge on any atom is -0.490 e. The molecule has 41 heavy (non-hydrogen) atoms. The normalized spacial score (nSPS) is 11.0. The maximum atomic E-state index is 13.5. The topological polar surface area (TPSA) is 64.8 Å². The molecule has 1 N–H and O–H groups in total. The zero-order valence-electron chi connectivity index (χ0n) is 22.9. The quantitative estimate of drug-likeness (QED) is 0.147. The highest BCUT2D eigenvalue weighted by molar-refractivity contribution is 5.95. The van der Waals surface area contributed by atoms with Gasteiger partial charge in [-0.1, -0.05) is 42.5 Å². The van der Waals surface area contributed by atoms with Crippen molar-refractivity contribution in [2.24, 2.45) is 5.10 Å². The average molecular weight is 548 g/mol. The Hall–Kier alpha value is -5.17. The van der Waals surface area contributed by atoms with Gasteiger partial charge in [0.2, 0.25) is 0 Å². The van der Waals surface area contributed by atoms with Crippen molar-refractivity contribution in [3.63, 3.8) is 0 Å². The summed E-state index contributed by atoms with van der Waals surface area (Å²) in [4.78, 5) is 12.8. The van der Waals surface area contributed by atoms with E-state index in [1.54, 1.807) is 48.7 Å². The van der Waals surface area contributed by atoms with Gasteiger partial charge in [-0.2, -0.15) is 5.10 Å². The third-order valence-electron chi connectivity index (χ3n) is 6.46. The molecule has 0 bridgehead atoms. The Morgan fingerprint density at radius 2 is 1.68 bits per heavy atom. The van der Waals surface area contributed by atoms with Gasteiger partial charge in [0.25, 0.3) is 5.91 Å². The van der Waals surface area contributed by atoms with E-state index in [-0.39, 0.29) is 18.3 Å². The van der Waals surface area contributed by atoms with Gasteiger partial charge in [-0.05, 0) is 97.3 Å². The van der Waals surface area contributed by atoms with Crippen LogP contribution in [0.15, 0.2) is 114 Å². The van der Waals surface area contributed by atoms with Crippen molar-refractivity contribution in [3.8, 4) is 28.4 Å². The Morgan fingerprint density at radius 1 is 0.878 bits per heavy atom. The van der Waals surface area contributed by atoms with Crippen LogP contribution in [0.5, 0.6) is 11.5 Å². The zero-order valence-corrected chi connectivity index (χ0v) is 22.9. The molecular weight excluding hydrogens is 517 g/mol. The number of hydrogen-bond acceptors (Lipinski definition) is 4. The molecule has 1 aromatic heterocycles. The third kappa shape index (κ3) is 6.70. The second-order valence-corrected chi connectivity index (χ2v) is 9.37. The molecule has 206 valence electrons. The highest BCUT2D eigenvalue weighted by atomic mass is 19.1. The van der Waals surface area contributed by atoms with Gasteiger partial charge in [0.05, 0.1) is 18.5 Å². The number of amides is 1. The highest BCUT2D eigenvalue weighted by Crippen LogP contribution is 2.29. The van der Waals surface area contributed by atoms with Crippen molar-refractivity contribution < 1.29 is 18.7 Å². The highest BCUT2D eigenvalue weighted by Gasteiger charge is 2.11. The summed E-state index contributed by atoms with van der Waals surface area (Å²) in [7, 11) is 0. The van der Waals surface area contributed by atoms with Gasteiger partial charge in [0.1, 0.15) is 12.4 Å². The van der Waals surface area contributed by atoms with Crippen molar-refractivity contribution in [2.45, 2.75) is 20.5 Å². The van der Waals surface area contributed by atoms with E-state index in [1.165, 1.54) is 12.1 Å². The van der Waals surface area contributed by atoms with Gasteiger partial charge in [0, 0.05) is 16.9 Å². The number of aromatic nitrogens is 1. The van der Waals surface area contributed by atoms with Crippen LogP contribution < -0.4 is 14.9 Å². The predicted octanol–water partition coefficient (Wildman–Crippen LogP) is 7.33. The summed E-state index contributed by atoms with van der Waals surface area (Å²) in [5.74, 6) is 0.435. The molecule has 0 spiro atoms. The molecule has 0 atom stereocenters. The lowest BCUT2D eigenvalue weighted by molar-refractivity contribution is 0.0955. The van der Waals surface area contributed by atoms with E-state index in [9.17, 15) is 9.18 Å². The Morgan fingerprint density at radius 3 is 2.44 bits per heavy atom. The fraction of sp³-hybridized carbons (Fsp3) is 0.118. The van der Waals surface area contributed by atoms with Gasteiger partial charge >= 0.3 is 0 Å². The molecule has 0 unspecified atom stereocenters. The van der Waals surface area contributed by atoms with E-state index in [1.807, 2.05) is 37.3 Å². The number of hydrogen-bond donors (Lipinski definition) is 1. The van der Waals surface area contributed by atoms with Crippen LogP contribution in [0, 0.1) is 12.7 Å². The fourth-order valence-corrected chi connectivity index (χ4v) is 4.49. The van der Waals surface area contributed by atoms with E-state index in [0.717, 1.165) is 28.2 Å². The number of nitrogens with zero attached hydrogens (tertiary/aromatic N) is 2. The Labute approximate surface area is 238 Å². The second kappa shape index (κ2) is 12.8. The molecule has 0 aliphatic carbocycles. The zero-order chi connectivity index (χ0) is 28.6. The monoisotopic (exact) mass is 547 g/mol. The molecule has 0 aliphatic rings. The summed E-state index contributed by atoms with van der Waals surface area (Å²) in [6.45, 7) is 4.58. The van der Waals surface area contributed by atoms with Crippen LogP contribution in [0.25, 0.3) is 16.9 Å². The smallest absolute Gasteiger partial charge is 0.271 e. The van der Waals surface area contributed by atoms with Gasteiger partial charge in [-0.25, -0.2) is 9.82 Å². The van der Waals surface area contributed by atoms with Crippen LogP contribution in [0.2, 0.25) is 0 Å². The van der Waals surface area contributed by atoms with Crippen molar-refractivity contribution in [1.29, 1.82) is 0 Å². The molecule has 0 saturated carbocycles. The van der Waals surface area contributed by atoms with Gasteiger partial charge < -0.3 is 14.0 Å². The predicted molar refractivity (Wildman–Crippen MR) is 159 cm³/mol. The SMILES string of the molecule is CCOc1cc(/C=N/NC(=O)c2ccc(-n3c(C)ccc3-c3ccccc3)cc2)ccc1OCc1cccc(F)c1. The molecule has 1 heterocycles. The van der Waals surface area contributed by atoms with Crippen LogP contribution in [0.1, 0.15) is 34.1 Å². The molecule has 0 aliphatic heterocycles. The van der Waals surface area contributed by atoms with E-state index in [0.29, 0.717) is 29.2 Å². The Bertz CT molecular complexity index is 1660. The minimum atomic E-state index is -0.319. The number of carbonyl (C=O) groups excluding carboxylic acids is 1. The van der Waals surface area contributed by atoms with Crippen LogP contribution >= 0.6 is 0 Å².